The summed E-state index contributed by atoms with van der Waals surface area (Å²) >= 11 is 0. The van der Waals surface area contributed by atoms with Crippen LogP contribution in [0.1, 0.15) is 263 Å². The van der Waals surface area contributed by atoms with E-state index in [-0.39, 0.29) is 0 Å². The Morgan fingerprint density at radius 1 is 0.434 bits per heavy atom. The molecule has 0 spiro atoms. The van der Waals surface area contributed by atoms with E-state index in [2.05, 4.69) is 64.8 Å². The van der Waals surface area contributed by atoms with Gasteiger partial charge in [-0.15, -0.1) is 13.2 Å². The lowest BCUT2D eigenvalue weighted by Crippen LogP contribution is -1.98. The van der Waals surface area contributed by atoms with Crippen molar-refractivity contribution in [2.24, 2.45) is 5.92 Å². The number of hydrogen-bond donors (Lipinski definition) is 0. The lowest BCUT2D eigenvalue weighted by molar-refractivity contribution is 0.527. The molecule has 1 atom stereocenters. The number of benzene rings is 1. The van der Waals surface area contributed by atoms with Crippen molar-refractivity contribution in [1.82, 2.24) is 0 Å². The summed E-state index contributed by atoms with van der Waals surface area (Å²) < 4.78 is 0. The molecule has 308 valence electrons. The van der Waals surface area contributed by atoms with Crippen molar-refractivity contribution in [2.45, 2.75) is 258 Å². The standard InChI is InChI=1S/C41H72.C12H24/c1-5-7-9-11-13-15-17-18-19-20-21-22-23-25-27-29-31-33-40-34-36-41(37-35-40)39(4)38(3)32-30-28-26-24-16-14-12-10-8-6-2;1-3-5-7-9-11-12-10-8-6-4-2/h6,34-38H,2,4-5,7-33H2,1,3H3;3H,1,4-12H2,2H3. The van der Waals surface area contributed by atoms with E-state index in [1.165, 1.54) is 254 Å². The van der Waals surface area contributed by atoms with Crippen LogP contribution in [0.2, 0.25) is 0 Å². The lowest BCUT2D eigenvalue weighted by atomic mass is 9.90. The maximum absolute atomic E-state index is 4.46. The summed E-state index contributed by atoms with van der Waals surface area (Å²) in [6.45, 7) is 18.9. The van der Waals surface area contributed by atoms with Crippen LogP contribution in [-0.2, 0) is 6.42 Å². The third-order valence-electron chi connectivity index (χ3n) is 11.5. The third kappa shape index (κ3) is 37.2. The average Bonchev–Trinajstić information content (AvgIpc) is 3.18. The number of aryl methyl sites for hydroxylation is 1. The van der Waals surface area contributed by atoms with Gasteiger partial charge in [0, 0.05) is 0 Å². The summed E-state index contributed by atoms with van der Waals surface area (Å²) in [7, 11) is 0. The zero-order valence-corrected chi connectivity index (χ0v) is 36.8. The molecule has 1 unspecified atom stereocenters. The van der Waals surface area contributed by atoms with Crippen molar-refractivity contribution in [2.75, 3.05) is 0 Å². The fourth-order valence-electron chi connectivity index (χ4n) is 7.62. The van der Waals surface area contributed by atoms with Gasteiger partial charge in [-0.05, 0) is 67.6 Å². The SMILES string of the molecule is C=CCCCCCCCCCC.C=CCCCCCCCCCCC(C)C(=C)c1ccc(CCCCCCCCCCCCCCCCCCC)cc1. The van der Waals surface area contributed by atoms with E-state index >= 15 is 0 Å². The largest absolute Gasteiger partial charge is 0.103 e. The molecule has 0 aliphatic heterocycles. The quantitative estimate of drug-likeness (QED) is 0.0465. The Labute approximate surface area is 336 Å². The zero-order valence-electron chi connectivity index (χ0n) is 36.8. The van der Waals surface area contributed by atoms with Crippen molar-refractivity contribution in [1.29, 1.82) is 0 Å². The fourth-order valence-corrected chi connectivity index (χ4v) is 7.62. The summed E-state index contributed by atoms with van der Waals surface area (Å²) in [6, 6.07) is 9.37. The Hall–Kier alpha value is -1.56. The maximum atomic E-state index is 4.46. The van der Waals surface area contributed by atoms with Crippen LogP contribution in [0.5, 0.6) is 0 Å². The topological polar surface area (TPSA) is 0 Å². The lowest BCUT2D eigenvalue weighted by Gasteiger charge is -2.15. The second-order valence-corrected chi connectivity index (χ2v) is 16.8. The van der Waals surface area contributed by atoms with Crippen LogP contribution in [0.15, 0.2) is 56.2 Å². The van der Waals surface area contributed by atoms with E-state index in [1.54, 1.807) is 0 Å². The van der Waals surface area contributed by atoms with Crippen LogP contribution < -0.4 is 0 Å². The van der Waals surface area contributed by atoms with Gasteiger partial charge in [-0.2, -0.15) is 0 Å². The van der Waals surface area contributed by atoms with Crippen LogP contribution in [0.25, 0.3) is 5.57 Å². The maximum Gasteiger partial charge on any atom is -0.0190 e. The van der Waals surface area contributed by atoms with E-state index in [9.17, 15) is 0 Å². The Balaban J connectivity index is 0.00000192. The first kappa shape index (κ1) is 51.4. The van der Waals surface area contributed by atoms with Gasteiger partial charge in [0.1, 0.15) is 0 Å². The molecule has 53 heavy (non-hydrogen) atoms. The molecule has 0 N–H and O–H groups in total. The molecule has 0 bridgehead atoms. The summed E-state index contributed by atoms with van der Waals surface area (Å²) in [5.74, 6) is 0.588. The molecule has 1 aromatic carbocycles. The Kier molecular flexibility index (Phi) is 41.9. The predicted molar refractivity (Wildman–Crippen MR) is 246 cm³/mol. The third-order valence-corrected chi connectivity index (χ3v) is 11.5. The summed E-state index contributed by atoms with van der Waals surface area (Å²) in [5, 5.41) is 0. The van der Waals surface area contributed by atoms with E-state index < -0.39 is 0 Å². The molecule has 0 heteroatoms. The fraction of sp³-hybridized carbons (Fsp3) is 0.774. The monoisotopic (exact) mass is 733 g/mol. The first-order valence-electron chi connectivity index (χ1n) is 24.1. The minimum absolute atomic E-state index is 0.588. The summed E-state index contributed by atoms with van der Waals surface area (Å²) in [5.41, 5.74) is 4.18. The van der Waals surface area contributed by atoms with Crippen LogP contribution in [0.4, 0.5) is 0 Å². The molecule has 0 nitrogen and oxygen atoms in total. The average molecular weight is 733 g/mol. The molecule has 0 aromatic heterocycles. The smallest absolute Gasteiger partial charge is 0.0190 e. The molecule has 0 saturated carbocycles. The molecule has 0 aliphatic carbocycles. The molecule has 0 saturated heterocycles. The number of unbranched alkanes of at least 4 members (excludes halogenated alkanes) is 32. The number of allylic oxidation sites excluding steroid dienone is 3. The van der Waals surface area contributed by atoms with Gasteiger partial charge in [0.2, 0.25) is 0 Å². The molecular weight excluding hydrogens is 637 g/mol. The Morgan fingerprint density at radius 3 is 1.08 bits per heavy atom. The number of rotatable bonds is 40. The van der Waals surface area contributed by atoms with Gasteiger partial charge in [0.05, 0.1) is 0 Å². The molecule has 0 heterocycles. The van der Waals surface area contributed by atoms with Crippen molar-refractivity contribution in [3.63, 3.8) is 0 Å². The second kappa shape index (κ2) is 43.2. The molecule has 1 aromatic rings. The van der Waals surface area contributed by atoms with Gasteiger partial charge in [0.25, 0.3) is 0 Å². The second-order valence-electron chi connectivity index (χ2n) is 16.8. The first-order valence-corrected chi connectivity index (χ1v) is 24.1. The minimum Gasteiger partial charge on any atom is -0.103 e. The van der Waals surface area contributed by atoms with E-state index in [4.69, 9.17) is 0 Å². The molecule has 0 amide bonds. The zero-order chi connectivity index (χ0) is 38.7. The molecule has 0 aliphatic rings. The van der Waals surface area contributed by atoms with E-state index in [1.807, 2.05) is 12.2 Å². The summed E-state index contributed by atoms with van der Waals surface area (Å²) in [6.07, 6.45) is 55.8. The Morgan fingerprint density at radius 2 is 0.736 bits per heavy atom. The van der Waals surface area contributed by atoms with Crippen molar-refractivity contribution in [3.05, 3.63) is 67.3 Å². The van der Waals surface area contributed by atoms with Gasteiger partial charge in [0.15, 0.2) is 0 Å². The van der Waals surface area contributed by atoms with Gasteiger partial charge >= 0.3 is 0 Å². The predicted octanol–water partition coefficient (Wildman–Crippen LogP) is 19.3. The van der Waals surface area contributed by atoms with Gasteiger partial charge in [-0.25, -0.2) is 0 Å². The van der Waals surface area contributed by atoms with Crippen LogP contribution in [0.3, 0.4) is 0 Å². The normalized spacial score (nSPS) is 11.6. The molecule has 0 fully saturated rings. The molecule has 0 radical (unpaired) electrons. The highest BCUT2D eigenvalue weighted by Crippen LogP contribution is 2.27. The van der Waals surface area contributed by atoms with E-state index in [0.717, 1.165) is 0 Å². The first-order chi connectivity index (χ1) is 26.1. The van der Waals surface area contributed by atoms with Crippen LogP contribution in [-0.4, -0.2) is 0 Å². The highest BCUT2D eigenvalue weighted by molar-refractivity contribution is 5.65. The number of hydrogen-bond acceptors (Lipinski definition) is 0. The van der Waals surface area contributed by atoms with Crippen LogP contribution in [0, 0.1) is 5.92 Å². The van der Waals surface area contributed by atoms with Crippen molar-refractivity contribution in [3.8, 4) is 0 Å². The summed E-state index contributed by atoms with van der Waals surface area (Å²) in [4.78, 5) is 0. The van der Waals surface area contributed by atoms with Gasteiger partial charge in [-0.3, -0.25) is 0 Å². The highest BCUT2D eigenvalue weighted by Gasteiger charge is 2.09. The van der Waals surface area contributed by atoms with Crippen molar-refractivity contribution >= 4 is 5.57 Å². The molecule has 1 rings (SSSR count). The van der Waals surface area contributed by atoms with Crippen molar-refractivity contribution < 1.29 is 0 Å². The van der Waals surface area contributed by atoms with Gasteiger partial charge in [-0.1, -0.05) is 256 Å². The Bertz CT molecular complexity index is 874. The van der Waals surface area contributed by atoms with Crippen LogP contribution >= 0.6 is 0 Å². The van der Waals surface area contributed by atoms with E-state index in [0.29, 0.717) is 5.92 Å². The minimum atomic E-state index is 0.588. The van der Waals surface area contributed by atoms with Gasteiger partial charge < -0.3 is 0 Å². The highest BCUT2D eigenvalue weighted by atomic mass is 14.1. The molecular formula is C53H96.